The van der Waals surface area contributed by atoms with Crippen LogP contribution in [0.25, 0.3) is 0 Å². The molecule has 24 heavy (non-hydrogen) atoms. The molecule has 0 radical (unpaired) electrons. The van der Waals surface area contributed by atoms with Gasteiger partial charge in [-0.2, -0.15) is 0 Å². The number of hydrogen-bond acceptors (Lipinski definition) is 3. The van der Waals surface area contributed by atoms with Crippen LogP contribution in [0.2, 0.25) is 0 Å². The van der Waals surface area contributed by atoms with E-state index in [-0.39, 0.29) is 11.8 Å². The number of carbonyl (C=O) groups is 2. The van der Waals surface area contributed by atoms with Gasteiger partial charge >= 0.3 is 0 Å². The molecule has 0 unspecified atom stereocenters. The number of amides is 2. The highest BCUT2D eigenvalue weighted by Gasteiger charge is 2.06. The Hall–Kier alpha value is -2.82. The van der Waals surface area contributed by atoms with Crippen molar-refractivity contribution in [2.24, 2.45) is 0 Å². The van der Waals surface area contributed by atoms with Crippen molar-refractivity contribution in [3.05, 3.63) is 65.7 Å². The van der Waals surface area contributed by atoms with Gasteiger partial charge in [-0.25, -0.2) is 0 Å². The predicted octanol–water partition coefficient (Wildman–Crippen LogP) is 2.17. The number of carbonyl (C=O) groups excluding carboxylic acids is 2. The zero-order chi connectivity index (χ0) is 17.2. The largest absolute Gasteiger partial charge is 0.497 e. The van der Waals surface area contributed by atoms with Crippen LogP contribution < -0.4 is 15.4 Å². The molecule has 2 aromatic rings. The van der Waals surface area contributed by atoms with Gasteiger partial charge in [0.2, 0.25) is 5.91 Å². The first kappa shape index (κ1) is 17.5. The fraction of sp³-hybridized carbons (Fsp3) is 0.263. The first-order valence-electron chi connectivity index (χ1n) is 7.92. The lowest BCUT2D eigenvalue weighted by molar-refractivity contribution is -0.121. The molecule has 0 aliphatic heterocycles. The Morgan fingerprint density at radius 3 is 2.46 bits per heavy atom. The lowest BCUT2D eigenvalue weighted by Gasteiger charge is -2.08. The predicted molar refractivity (Wildman–Crippen MR) is 93.1 cm³/mol. The van der Waals surface area contributed by atoms with Gasteiger partial charge in [-0.1, -0.05) is 36.4 Å². The van der Waals surface area contributed by atoms with Crippen LogP contribution in [0, 0.1) is 0 Å². The van der Waals surface area contributed by atoms with E-state index in [1.807, 2.05) is 30.3 Å². The van der Waals surface area contributed by atoms with Crippen molar-refractivity contribution in [3.8, 4) is 5.75 Å². The summed E-state index contributed by atoms with van der Waals surface area (Å²) < 4.78 is 5.09. The lowest BCUT2D eigenvalue weighted by Crippen LogP contribution is -2.34. The van der Waals surface area contributed by atoms with E-state index in [1.165, 1.54) is 0 Å². The Labute approximate surface area is 142 Å². The third kappa shape index (κ3) is 5.76. The second kappa shape index (κ2) is 9.35. The summed E-state index contributed by atoms with van der Waals surface area (Å²) in [7, 11) is 1.56. The number of rotatable bonds is 8. The first-order valence-corrected chi connectivity index (χ1v) is 7.92. The number of benzene rings is 2. The quantitative estimate of drug-likeness (QED) is 0.731. The first-order chi connectivity index (χ1) is 11.7. The fourth-order valence-corrected chi connectivity index (χ4v) is 2.24. The summed E-state index contributed by atoms with van der Waals surface area (Å²) in [6.45, 7) is 0.788. The van der Waals surface area contributed by atoms with Crippen molar-refractivity contribution in [2.45, 2.75) is 12.8 Å². The molecule has 0 spiro atoms. The van der Waals surface area contributed by atoms with Crippen LogP contribution in [0.3, 0.4) is 0 Å². The Bertz CT molecular complexity index is 671. The number of ether oxygens (including phenoxy) is 1. The summed E-state index contributed by atoms with van der Waals surface area (Å²) in [5.74, 6) is 0.429. The lowest BCUT2D eigenvalue weighted by atomic mass is 10.1. The highest BCUT2D eigenvalue weighted by Crippen LogP contribution is 2.12. The normalized spacial score (nSPS) is 10.0. The molecule has 2 aromatic carbocycles. The van der Waals surface area contributed by atoms with E-state index in [1.54, 1.807) is 31.4 Å². The average molecular weight is 326 g/mol. The monoisotopic (exact) mass is 326 g/mol. The third-order valence-corrected chi connectivity index (χ3v) is 3.55. The molecule has 0 heterocycles. The van der Waals surface area contributed by atoms with Gasteiger partial charge in [0.15, 0.2) is 0 Å². The standard InChI is InChI=1S/C19H22N2O3/c1-24-17-9-5-8-16(14-17)19(23)21-13-12-20-18(22)11-10-15-6-3-2-4-7-15/h2-9,14H,10-13H2,1H3,(H,20,22)(H,21,23). The van der Waals surface area contributed by atoms with E-state index in [2.05, 4.69) is 10.6 Å². The Morgan fingerprint density at radius 1 is 0.958 bits per heavy atom. The minimum Gasteiger partial charge on any atom is -0.497 e. The van der Waals surface area contributed by atoms with Gasteiger partial charge in [-0.3, -0.25) is 9.59 Å². The van der Waals surface area contributed by atoms with Crippen LogP contribution in [0.1, 0.15) is 22.3 Å². The number of nitrogens with one attached hydrogen (secondary N) is 2. The van der Waals surface area contributed by atoms with Gasteiger partial charge in [-0.05, 0) is 30.2 Å². The highest BCUT2D eigenvalue weighted by molar-refractivity contribution is 5.94. The van der Waals surface area contributed by atoms with Gasteiger partial charge in [0.05, 0.1) is 7.11 Å². The molecule has 2 amide bonds. The Morgan fingerprint density at radius 2 is 1.71 bits per heavy atom. The van der Waals surface area contributed by atoms with Gasteiger partial charge < -0.3 is 15.4 Å². The zero-order valence-corrected chi connectivity index (χ0v) is 13.7. The van der Waals surface area contributed by atoms with Crippen LogP contribution in [0.4, 0.5) is 0 Å². The van der Waals surface area contributed by atoms with E-state index in [0.29, 0.717) is 37.2 Å². The molecule has 0 saturated heterocycles. The van der Waals surface area contributed by atoms with E-state index in [4.69, 9.17) is 4.74 Å². The summed E-state index contributed by atoms with van der Waals surface area (Å²) in [6, 6.07) is 16.8. The molecule has 5 nitrogen and oxygen atoms in total. The van der Waals surface area contributed by atoms with Gasteiger partial charge in [0.25, 0.3) is 5.91 Å². The minimum absolute atomic E-state index is 0.0190. The van der Waals surface area contributed by atoms with Crippen molar-refractivity contribution in [3.63, 3.8) is 0 Å². The van der Waals surface area contributed by atoms with Crippen LogP contribution in [-0.4, -0.2) is 32.0 Å². The molecule has 126 valence electrons. The molecule has 0 atom stereocenters. The maximum atomic E-state index is 12.0. The molecule has 0 saturated carbocycles. The summed E-state index contributed by atoms with van der Waals surface area (Å²) in [6.07, 6.45) is 1.15. The van der Waals surface area contributed by atoms with E-state index in [0.717, 1.165) is 5.56 Å². The highest BCUT2D eigenvalue weighted by atomic mass is 16.5. The number of hydrogen-bond donors (Lipinski definition) is 2. The second-order valence-corrected chi connectivity index (χ2v) is 5.32. The van der Waals surface area contributed by atoms with Crippen LogP contribution in [-0.2, 0) is 11.2 Å². The maximum absolute atomic E-state index is 12.0. The molecular weight excluding hydrogens is 304 g/mol. The smallest absolute Gasteiger partial charge is 0.251 e. The SMILES string of the molecule is COc1cccc(C(=O)NCCNC(=O)CCc2ccccc2)c1. The Balaban J connectivity index is 1.65. The molecule has 0 fully saturated rings. The zero-order valence-electron chi connectivity index (χ0n) is 13.7. The second-order valence-electron chi connectivity index (χ2n) is 5.32. The summed E-state index contributed by atoms with van der Waals surface area (Å²) in [5, 5.41) is 5.57. The van der Waals surface area contributed by atoms with E-state index < -0.39 is 0 Å². The average Bonchev–Trinajstić information content (AvgIpc) is 2.64. The van der Waals surface area contributed by atoms with Crippen molar-refractivity contribution in [1.29, 1.82) is 0 Å². The molecular formula is C19H22N2O3. The van der Waals surface area contributed by atoms with E-state index in [9.17, 15) is 9.59 Å². The fourth-order valence-electron chi connectivity index (χ4n) is 2.24. The summed E-state index contributed by atoms with van der Waals surface area (Å²) in [5.41, 5.74) is 1.67. The molecule has 0 aromatic heterocycles. The molecule has 5 heteroatoms. The number of methoxy groups -OCH3 is 1. The molecule has 0 aliphatic carbocycles. The van der Waals surface area contributed by atoms with E-state index >= 15 is 0 Å². The van der Waals surface area contributed by atoms with Gasteiger partial charge in [-0.15, -0.1) is 0 Å². The van der Waals surface area contributed by atoms with Crippen LogP contribution >= 0.6 is 0 Å². The number of aryl methyl sites for hydroxylation is 1. The summed E-state index contributed by atoms with van der Waals surface area (Å²) in [4.78, 5) is 23.8. The van der Waals surface area contributed by atoms with Crippen molar-refractivity contribution < 1.29 is 14.3 Å². The molecule has 2 N–H and O–H groups in total. The molecule has 0 aliphatic rings. The molecule has 2 rings (SSSR count). The summed E-state index contributed by atoms with van der Waals surface area (Å²) >= 11 is 0. The van der Waals surface area contributed by atoms with Crippen molar-refractivity contribution in [1.82, 2.24) is 10.6 Å². The van der Waals surface area contributed by atoms with Crippen molar-refractivity contribution in [2.75, 3.05) is 20.2 Å². The maximum Gasteiger partial charge on any atom is 0.251 e. The molecule has 0 bridgehead atoms. The van der Waals surface area contributed by atoms with Gasteiger partial charge in [0, 0.05) is 25.1 Å². The third-order valence-electron chi connectivity index (χ3n) is 3.55. The van der Waals surface area contributed by atoms with Crippen molar-refractivity contribution >= 4 is 11.8 Å². The Kier molecular flexibility index (Phi) is 6.83. The van der Waals surface area contributed by atoms with Crippen LogP contribution in [0.5, 0.6) is 5.75 Å². The minimum atomic E-state index is -0.188. The van der Waals surface area contributed by atoms with Gasteiger partial charge in [0.1, 0.15) is 5.75 Å². The van der Waals surface area contributed by atoms with Crippen LogP contribution in [0.15, 0.2) is 54.6 Å². The topological polar surface area (TPSA) is 67.4 Å².